The van der Waals surface area contributed by atoms with E-state index in [0.29, 0.717) is 11.4 Å². The summed E-state index contributed by atoms with van der Waals surface area (Å²) in [5.74, 6) is -0.178. The summed E-state index contributed by atoms with van der Waals surface area (Å²) in [5.41, 5.74) is 1.41. The first kappa shape index (κ1) is 23.1. The number of carbonyl (C=O) groups excluding carboxylic acids is 3. The van der Waals surface area contributed by atoms with Crippen LogP contribution in [0.15, 0.2) is 54.6 Å². The molecule has 8 heteroatoms. The Morgan fingerprint density at radius 3 is 2.47 bits per heavy atom. The zero-order valence-electron chi connectivity index (χ0n) is 18.4. The lowest BCUT2D eigenvalue weighted by Gasteiger charge is -2.34. The summed E-state index contributed by atoms with van der Waals surface area (Å²) in [6.07, 6.45) is 0.0955. The number of alkyl carbamates (subject to hydrolysis) is 1. The van der Waals surface area contributed by atoms with Crippen molar-refractivity contribution < 1.29 is 23.9 Å². The number of nitrogens with one attached hydrogen (secondary N) is 2. The van der Waals surface area contributed by atoms with E-state index in [1.165, 1.54) is 4.90 Å². The number of anilines is 1. The minimum absolute atomic E-state index is 0.0495. The maximum atomic E-state index is 12.9. The second-order valence-corrected chi connectivity index (χ2v) is 7.52. The van der Waals surface area contributed by atoms with Crippen LogP contribution in [0.25, 0.3) is 0 Å². The highest BCUT2D eigenvalue weighted by atomic mass is 16.5. The van der Waals surface area contributed by atoms with Crippen LogP contribution in [0.4, 0.5) is 10.5 Å². The molecule has 2 aromatic carbocycles. The van der Waals surface area contributed by atoms with Crippen LogP contribution in [0.2, 0.25) is 0 Å². The average Bonchev–Trinajstić information content (AvgIpc) is 2.84. The molecule has 2 N–H and O–H groups in total. The van der Waals surface area contributed by atoms with Gasteiger partial charge in [0.2, 0.25) is 5.91 Å². The minimum Gasteiger partial charge on any atom is -0.477 e. The number of benzene rings is 2. The monoisotopic (exact) mass is 439 g/mol. The zero-order valence-corrected chi connectivity index (χ0v) is 18.4. The number of carbonyl (C=O) groups is 3. The molecule has 0 fully saturated rings. The molecule has 3 amide bonds. The molecule has 32 heavy (non-hydrogen) atoms. The van der Waals surface area contributed by atoms with Crippen LogP contribution in [0.1, 0.15) is 32.3 Å². The highest BCUT2D eigenvalue weighted by molar-refractivity contribution is 5.99. The molecule has 0 spiro atoms. The standard InChI is InChI=1S/C24H29N3O5/c1-3-18(4-2)26-23(29)21-15-27(19-12-8-9-13-20(19)32-21)22(28)14-25-24(30)31-16-17-10-6-5-7-11-17/h5-13,18,21H,3-4,14-16H2,1-2H3,(H,25,30)(H,26,29). The zero-order chi connectivity index (χ0) is 22.9. The first-order valence-electron chi connectivity index (χ1n) is 10.8. The molecule has 1 heterocycles. The number of rotatable bonds is 8. The van der Waals surface area contributed by atoms with Gasteiger partial charge in [0.1, 0.15) is 18.9 Å². The fraction of sp³-hybridized carbons (Fsp3) is 0.375. The summed E-state index contributed by atoms with van der Waals surface area (Å²) in [5, 5.41) is 5.45. The molecular formula is C24H29N3O5. The summed E-state index contributed by atoms with van der Waals surface area (Å²) in [4.78, 5) is 39.1. The first-order chi connectivity index (χ1) is 15.5. The topological polar surface area (TPSA) is 97.0 Å². The Labute approximate surface area is 187 Å². The predicted octanol–water partition coefficient (Wildman–Crippen LogP) is 3.01. The molecular weight excluding hydrogens is 410 g/mol. The van der Waals surface area contributed by atoms with Crippen LogP contribution >= 0.6 is 0 Å². The second-order valence-electron chi connectivity index (χ2n) is 7.52. The number of fused-ring (bicyclic) bond motifs is 1. The van der Waals surface area contributed by atoms with E-state index in [4.69, 9.17) is 9.47 Å². The first-order valence-corrected chi connectivity index (χ1v) is 10.8. The molecule has 0 aliphatic carbocycles. The molecule has 1 aliphatic heterocycles. The van der Waals surface area contributed by atoms with Gasteiger partial charge in [-0.2, -0.15) is 0 Å². The Morgan fingerprint density at radius 1 is 1.06 bits per heavy atom. The number of ether oxygens (including phenoxy) is 2. The highest BCUT2D eigenvalue weighted by Crippen LogP contribution is 2.33. The highest BCUT2D eigenvalue weighted by Gasteiger charge is 2.34. The van der Waals surface area contributed by atoms with E-state index in [-0.39, 0.29) is 37.6 Å². The van der Waals surface area contributed by atoms with Crippen LogP contribution in [0.5, 0.6) is 5.75 Å². The summed E-state index contributed by atoms with van der Waals surface area (Å²) in [6, 6.07) is 16.3. The van der Waals surface area contributed by atoms with Crippen molar-refractivity contribution in [3.63, 3.8) is 0 Å². The molecule has 1 unspecified atom stereocenters. The van der Waals surface area contributed by atoms with Gasteiger partial charge >= 0.3 is 6.09 Å². The van der Waals surface area contributed by atoms with Crippen LogP contribution in [0, 0.1) is 0 Å². The van der Waals surface area contributed by atoms with Gasteiger partial charge in [-0.25, -0.2) is 4.79 Å². The molecule has 1 aliphatic rings. The van der Waals surface area contributed by atoms with Crippen molar-refractivity contribution in [1.29, 1.82) is 0 Å². The number of amides is 3. The van der Waals surface area contributed by atoms with E-state index in [2.05, 4.69) is 10.6 Å². The van der Waals surface area contributed by atoms with E-state index in [9.17, 15) is 14.4 Å². The van der Waals surface area contributed by atoms with Crippen molar-refractivity contribution >= 4 is 23.6 Å². The van der Waals surface area contributed by atoms with Crippen molar-refractivity contribution in [2.45, 2.75) is 45.4 Å². The molecule has 0 saturated carbocycles. The van der Waals surface area contributed by atoms with Crippen LogP contribution in [0.3, 0.4) is 0 Å². The summed E-state index contributed by atoms with van der Waals surface area (Å²) < 4.78 is 11.0. The number of nitrogens with zero attached hydrogens (tertiary/aromatic N) is 1. The van der Waals surface area contributed by atoms with Crippen LogP contribution in [-0.4, -0.2) is 43.1 Å². The third-order valence-electron chi connectivity index (χ3n) is 5.30. The van der Waals surface area contributed by atoms with Crippen molar-refractivity contribution in [2.75, 3.05) is 18.0 Å². The van der Waals surface area contributed by atoms with Crippen LogP contribution in [-0.2, 0) is 20.9 Å². The summed E-state index contributed by atoms with van der Waals surface area (Å²) in [6.45, 7) is 3.92. The Balaban J connectivity index is 1.61. The van der Waals surface area contributed by atoms with E-state index >= 15 is 0 Å². The summed E-state index contributed by atoms with van der Waals surface area (Å²) >= 11 is 0. The van der Waals surface area contributed by atoms with Gasteiger partial charge in [0.25, 0.3) is 5.91 Å². The number of hydrogen-bond donors (Lipinski definition) is 2. The van der Waals surface area contributed by atoms with E-state index in [0.717, 1.165) is 18.4 Å². The van der Waals surface area contributed by atoms with Gasteiger partial charge < -0.3 is 25.0 Å². The van der Waals surface area contributed by atoms with E-state index in [1.54, 1.807) is 24.3 Å². The Kier molecular flexibility index (Phi) is 8.08. The Bertz CT molecular complexity index is 930. The van der Waals surface area contributed by atoms with Crippen molar-refractivity contribution in [3.05, 3.63) is 60.2 Å². The maximum absolute atomic E-state index is 12.9. The Morgan fingerprint density at radius 2 is 1.75 bits per heavy atom. The molecule has 170 valence electrons. The van der Waals surface area contributed by atoms with E-state index < -0.39 is 12.2 Å². The SMILES string of the molecule is CCC(CC)NC(=O)C1CN(C(=O)CNC(=O)OCc2ccccc2)c2ccccc2O1. The predicted molar refractivity (Wildman–Crippen MR) is 120 cm³/mol. The Hall–Kier alpha value is -3.55. The molecule has 2 aromatic rings. The minimum atomic E-state index is -0.834. The smallest absolute Gasteiger partial charge is 0.407 e. The second kappa shape index (κ2) is 11.2. The lowest BCUT2D eigenvalue weighted by Crippen LogP contribution is -2.53. The van der Waals surface area contributed by atoms with Gasteiger partial charge in [0.05, 0.1) is 12.2 Å². The number of hydrogen-bond acceptors (Lipinski definition) is 5. The molecule has 8 nitrogen and oxygen atoms in total. The third kappa shape index (κ3) is 6.00. The van der Waals surface area contributed by atoms with Crippen LogP contribution < -0.4 is 20.3 Å². The lowest BCUT2D eigenvalue weighted by atomic mass is 10.1. The van der Waals surface area contributed by atoms with Gasteiger partial charge in [-0.05, 0) is 30.5 Å². The van der Waals surface area contributed by atoms with Gasteiger partial charge in [-0.3, -0.25) is 9.59 Å². The largest absolute Gasteiger partial charge is 0.477 e. The quantitative estimate of drug-likeness (QED) is 0.659. The average molecular weight is 440 g/mol. The van der Waals surface area contributed by atoms with E-state index in [1.807, 2.05) is 44.2 Å². The maximum Gasteiger partial charge on any atom is 0.407 e. The molecule has 3 rings (SSSR count). The van der Waals surface area contributed by atoms with Crippen molar-refractivity contribution in [1.82, 2.24) is 10.6 Å². The summed E-state index contributed by atoms with van der Waals surface area (Å²) in [7, 11) is 0. The van der Waals surface area contributed by atoms with Crippen molar-refractivity contribution in [2.24, 2.45) is 0 Å². The fourth-order valence-corrected chi connectivity index (χ4v) is 3.41. The normalized spacial score (nSPS) is 14.8. The molecule has 0 saturated heterocycles. The molecule has 1 atom stereocenters. The van der Waals surface area contributed by atoms with Gasteiger partial charge in [-0.1, -0.05) is 56.3 Å². The third-order valence-corrected chi connectivity index (χ3v) is 5.30. The molecule has 0 radical (unpaired) electrons. The molecule has 0 aromatic heterocycles. The van der Waals surface area contributed by atoms with Gasteiger partial charge in [0.15, 0.2) is 6.10 Å². The van der Waals surface area contributed by atoms with Crippen molar-refractivity contribution in [3.8, 4) is 5.75 Å². The van der Waals surface area contributed by atoms with Gasteiger partial charge in [-0.15, -0.1) is 0 Å². The lowest BCUT2D eigenvalue weighted by molar-refractivity contribution is -0.129. The molecule has 0 bridgehead atoms. The fourth-order valence-electron chi connectivity index (χ4n) is 3.41. The number of para-hydroxylation sites is 2. The van der Waals surface area contributed by atoms with Gasteiger partial charge in [0, 0.05) is 6.04 Å².